The molecule has 2 heterocycles. The molecule has 0 aliphatic heterocycles. The average Bonchev–Trinajstić information content (AvgIpc) is 3.28. The molecule has 1 saturated carbocycles. The van der Waals surface area contributed by atoms with Crippen LogP contribution in [0.5, 0.6) is 0 Å². The lowest BCUT2D eigenvalue weighted by Crippen LogP contribution is -2.17. The Bertz CT molecular complexity index is 1050. The van der Waals surface area contributed by atoms with E-state index in [9.17, 15) is 18.0 Å². The van der Waals surface area contributed by atoms with Crippen LogP contribution in [0.25, 0.3) is 0 Å². The molecule has 1 aromatic carbocycles. The minimum Gasteiger partial charge on any atom is -0.309 e. The van der Waals surface area contributed by atoms with Crippen molar-refractivity contribution < 1.29 is 18.0 Å². The van der Waals surface area contributed by atoms with Gasteiger partial charge in [0.25, 0.3) is 0 Å². The lowest BCUT2D eigenvalue weighted by molar-refractivity contribution is -0.141. The number of aromatic nitrogens is 4. The van der Waals surface area contributed by atoms with E-state index in [0.29, 0.717) is 18.1 Å². The van der Waals surface area contributed by atoms with Crippen molar-refractivity contribution >= 4 is 11.7 Å². The minimum absolute atomic E-state index is 0.0172. The Kier molecular flexibility index (Phi) is 5.36. The summed E-state index contributed by atoms with van der Waals surface area (Å²) in [6.07, 6.45) is -0.984. The summed E-state index contributed by atoms with van der Waals surface area (Å²) in [5, 5.41) is 10.7. The first kappa shape index (κ1) is 20.2. The maximum absolute atomic E-state index is 13.0. The number of anilines is 1. The van der Waals surface area contributed by atoms with E-state index in [1.54, 1.807) is 16.9 Å². The van der Waals surface area contributed by atoms with Crippen LogP contribution in [-0.4, -0.2) is 25.5 Å². The number of benzene rings is 1. The first-order valence-electron chi connectivity index (χ1n) is 9.82. The molecule has 9 heteroatoms. The van der Waals surface area contributed by atoms with E-state index >= 15 is 0 Å². The topological polar surface area (TPSA) is 64.7 Å². The fourth-order valence-corrected chi connectivity index (χ4v) is 3.35. The van der Waals surface area contributed by atoms with Crippen LogP contribution in [0, 0.1) is 6.92 Å². The predicted octanol–water partition coefficient (Wildman–Crippen LogP) is 4.36. The lowest BCUT2D eigenvalue weighted by Gasteiger charge is -2.07. The highest BCUT2D eigenvalue weighted by Crippen LogP contribution is 2.42. The van der Waals surface area contributed by atoms with Gasteiger partial charge in [0.2, 0.25) is 5.91 Å². The van der Waals surface area contributed by atoms with Gasteiger partial charge >= 0.3 is 6.18 Å². The molecule has 1 N–H and O–H groups in total. The van der Waals surface area contributed by atoms with Crippen LogP contribution < -0.4 is 5.32 Å². The third-order valence-corrected chi connectivity index (χ3v) is 5.15. The van der Waals surface area contributed by atoms with Crippen molar-refractivity contribution in [1.29, 1.82) is 0 Å². The summed E-state index contributed by atoms with van der Waals surface area (Å²) >= 11 is 0. The summed E-state index contributed by atoms with van der Waals surface area (Å²) in [7, 11) is 0. The quantitative estimate of drug-likeness (QED) is 0.621. The third kappa shape index (κ3) is 4.72. The largest absolute Gasteiger partial charge is 0.435 e. The van der Waals surface area contributed by atoms with E-state index in [4.69, 9.17) is 0 Å². The van der Waals surface area contributed by atoms with Gasteiger partial charge in [-0.25, -0.2) is 0 Å². The molecule has 1 aliphatic carbocycles. The van der Waals surface area contributed by atoms with E-state index in [1.165, 1.54) is 4.68 Å². The number of hydrogen-bond donors (Lipinski definition) is 1. The number of amides is 1. The Balaban J connectivity index is 1.35. The summed E-state index contributed by atoms with van der Waals surface area (Å²) < 4.78 is 42.0. The number of carbonyl (C=O) groups is 1. The number of carbonyl (C=O) groups excluding carboxylic acids is 1. The molecule has 6 nitrogen and oxygen atoms in total. The molecule has 0 bridgehead atoms. The molecule has 3 aromatic rings. The molecule has 1 aliphatic rings. The zero-order valence-electron chi connectivity index (χ0n) is 16.5. The second kappa shape index (κ2) is 7.97. The predicted molar refractivity (Wildman–Crippen MR) is 105 cm³/mol. The first-order valence-corrected chi connectivity index (χ1v) is 9.82. The SMILES string of the molecule is Cc1ccccc1Cn1ccc(NC(=O)CCn2nc(C(F)(F)F)cc2C2CC2)n1. The van der Waals surface area contributed by atoms with Crippen LogP contribution in [0.1, 0.15) is 47.7 Å². The summed E-state index contributed by atoms with van der Waals surface area (Å²) in [4.78, 5) is 12.3. The molecule has 0 spiro atoms. The monoisotopic (exact) mass is 417 g/mol. The Labute approximate surface area is 171 Å². The average molecular weight is 417 g/mol. The van der Waals surface area contributed by atoms with Crippen molar-refractivity contribution in [2.75, 3.05) is 5.32 Å². The summed E-state index contributed by atoms with van der Waals surface area (Å²) in [5.41, 5.74) is 1.94. The highest BCUT2D eigenvalue weighted by atomic mass is 19.4. The fourth-order valence-electron chi connectivity index (χ4n) is 3.35. The number of alkyl halides is 3. The van der Waals surface area contributed by atoms with Gasteiger partial charge in [-0.1, -0.05) is 24.3 Å². The Hall–Kier alpha value is -3.10. The second-order valence-electron chi connectivity index (χ2n) is 7.57. The maximum atomic E-state index is 13.0. The number of halogens is 3. The minimum atomic E-state index is -4.49. The van der Waals surface area contributed by atoms with Crippen molar-refractivity contribution in [2.45, 2.75) is 51.4 Å². The van der Waals surface area contributed by atoms with Crippen molar-refractivity contribution in [3.05, 3.63) is 65.1 Å². The second-order valence-corrected chi connectivity index (χ2v) is 7.57. The Morgan fingerprint density at radius 3 is 2.67 bits per heavy atom. The summed E-state index contributed by atoms with van der Waals surface area (Å²) in [5.74, 6) is 0.197. The molecule has 30 heavy (non-hydrogen) atoms. The number of rotatable bonds is 7. The van der Waals surface area contributed by atoms with E-state index < -0.39 is 11.9 Å². The molecule has 0 radical (unpaired) electrons. The molecular formula is C21H22F3N5O. The Morgan fingerprint density at radius 2 is 1.97 bits per heavy atom. The van der Waals surface area contributed by atoms with Crippen molar-refractivity contribution in [1.82, 2.24) is 19.6 Å². The van der Waals surface area contributed by atoms with Crippen molar-refractivity contribution in [3.63, 3.8) is 0 Å². The van der Waals surface area contributed by atoms with Gasteiger partial charge in [0, 0.05) is 36.8 Å². The van der Waals surface area contributed by atoms with Crippen LogP contribution >= 0.6 is 0 Å². The molecule has 1 amide bonds. The van der Waals surface area contributed by atoms with Gasteiger partial charge in [-0.15, -0.1) is 0 Å². The standard InChI is InChI=1S/C21H22F3N5O/c1-14-4-2-3-5-16(14)13-28-10-8-19(27-28)25-20(30)9-11-29-17(15-6-7-15)12-18(26-29)21(22,23)24/h2-5,8,10,12,15H,6-7,9,11,13H2,1H3,(H,25,27,30). The highest BCUT2D eigenvalue weighted by Gasteiger charge is 2.37. The van der Waals surface area contributed by atoms with E-state index in [0.717, 1.165) is 30.0 Å². The van der Waals surface area contributed by atoms with Crippen LogP contribution in [0.2, 0.25) is 0 Å². The van der Waals surface area contributed by atoms with Crippen molar-refractivity contribution in [2.24, 2.45) is 0 Å². The van der Waals surface area contributed by atoms with Crippen LogP contribution in [0.15, 0.2) is 42.6 Å². The van der Waals surface area contributed by atoms with Crippen LogP contribution in [-0.2, 0) is 24.1 Å². The number of hydrogen-bond acceptors (Lipinski definition) is 3. The number of aryl methyl sites for hydroxylation is 2. The smallest absolute Gasteiger partial charge is 0.309 e. The zero-order valence-corrected chi connectivity index (χ0v) is 16.5. The third-order valence-electron chi connectivity index (χ3n) is 5.15. The summed E-state index contributed by atoms with van der Waals surface area (Å²) in [6, 6.07) is 10.8. The molecule has 0 atom stereocenters. The van der Waals surface area contributed by atoms with Gasteiger partial charge in [-0.05, 0) is 37.0 Å². The van der Waals surface area contributed by atoms with E-state index in [-0.39, 0.29) is 24.8 Å². The Morgan fingerprint density at radius 1 is 1.20 bits per heavy atom. The molecule has 4 rings (SSSR count). The van der Waals surface area contributed by atoms with Crippen molar-refractivity contribution in [3.8, 4) is 0 Å². The van der Waals surface area contributed by atoms with E-state index in [1.807, 2.05) is 31.2 Å². The molecular weight excluding hydrogens is 395 g/mol. The van der Waals surface area contributed by atoms with Crippen LogP contribution in [0.4, 0.5) is 19.0 Å². The molecule has 158 valence electrons. The lowest BCUT2D eigenvalue weighted by atomic mass is 10.1. The molecule has 2 aromatic heterocycles. The summed E-state index contributed by atoms with van der Waals surface area (Å²) in [6.45, 7) is 2.70. The normalized spacial score (nSPS) is 14.1. The fraction of sp³-hybridized carbons (Fsp3) is 0.381. The molecule has 0 saturated heterocycles. The van der Waals surface area contributed by atoms with Gasteiger partial charge < -0.3 is 5.32 Å². The zero-order chi connectivity index (χ0) is 21.3. The highest BCUT2D eigenvalue weighted by molar-refractivity contribution is 5.89. The first-order chi connectivity index (χ1) is 14.3. The van der Waals surface area contributed by atoms with Gasteiger partial charge in [0.05, 0.1) is 6.54 Å². The van der Waals surface area contributed by atoms with Gasteiger partial charge in [-0.2, -0.15) is 23.4 Å². The van der Waals surface area contributed by atoms with E-state index in [2.05, 4.69) is 15.5 Å². The maximum Gasteiger partial charge on any atom is 0.435 e. The number of nitrogens with zero attached hydrogens (tertiary/aromatic N) is 4. The van der Waals surface area contributed by atoms with Crippen LogP contribution in [0.3, 0.4) is 0 Å². The van der Waals surface area contributed by atoms with Gasteiger partial charge in [0.1, 0.15) is 0 Å². The molecule has 0 unspecified atom stereocenters. The molecule has 1 fully saturated rings. The van der Waals surface area contributed by atoms with Gasteiger partial charge in [-0.3, -0.25) is 14.2 Å². The van der Waals surface area contributed by atoms with Gasteiger partial charge in [0.15, 0.2) is 11.5 Å². The number of nitrogens with one attached hydrogen (secondary N) is 1.